The number of hydrogen-bond acceptors (Lipinski definition) is 6. The first-order valence-corrected chi connectivity index (χ1v) is 6.19. The first-order chi connectivity index (χ1) is 9.70. The van der Waals surface area contributed by atoms with Crippen molar-refractivity contribution in [3.05, 3.63) is 35.9 Å². The fourth-order valence-electron chi connectivity index (χ4n) is 2.07. The molecule has 2 amide bonds. The summed E-state index contributed by atoms with van der Waals surface area (Å²) in [6.07, 6.45) is 0.594. The van der Waals surface area contributed by atoms with Crippen molar-refractivity contribution in [2.75, 3.05) is 6.54 Å². The molecule has 0 aliphatic carbocycles. The summed E-state index contributed by atoms with van der Waals surface area (Å²) in [5.74, 6) is -1.92. The van der Waals surface area contributed by atoms with E-state index in [-0.39, 0.29) is 71.0 Å². The molecule has 21 heavy (non-hydrogen) atoms. The van der Waals surface area contributed by atoms with E-state index in [1.165, 1.54) is 4.90 Å². The summed E-state index contributed by atoms with van der Waals surface area (Å²) in [6.45, 7) is 0.475. The number of amides is 2. The Balaban J connectivity index is 0.00000121. The zero-order valence-electron chi connectivity index (χ0n) is 12.6. The first kappa shape index (κ1) is 16.4. The van der Waals surface area contributed by atoms with E-state index in [2.05, 4.69) is 26.0 Å². The largest absolute Gasteiger partial charge is 1.00 e. The molecule has 3 rings (SSSR count). The smallest absolute Gasteiger partial charge is 1.00 e. The van der Waals surface area contributed by atoms with Gasteiger partial charge in [0.2, 0.25) is 11.8 Å². The molecule has 0 aromatic heterocycles. The molecule has 0 radical (unpaired) electrons. The molecule has 1 fully saturated rings. The third-order valence-corrected chi connectivity index (χ3v) is 3.15. The number of likely N-dealkylation sites (tertiary alicyclic amines) is 1. The number of β-lactam (4-membered cyclic amide) rings is 1. The van der Waals surface area contributed by atoms with E-state index in [1.54, 1.807) is 0 Å². The molecule has 0 unspecified atom stereocenters. The molecule has 9 heteroatoms. The van der Waals surface area contributed by atoms with Crippen molar-refractivity contribution in [3.8, 4) is 0 Å². The summed E-state index contributed by atoms with van der Waals surface area (Å²) >= 11 is 0. The molecule has 1 saturated heterocycles. The fraction of sp³-hybridized carbons (Fsp3) is 0.333. The summed E-state index contributed by atoms with van der Waals surface area (Å²) in [4.78, 5) is 24.9. The van der Waals surface area contributed by atoms with Crippen LogP contribution < -0.4 is 56.7 Å². The van der Waals surface area contributed by atoms with Crippen LogP contribution in [0.5, 0.6) is 0 Å². The molecule has 0 spiro atoms. The Labute approximate surface area is 165 Å². The van der Waals surface area contributed by atoms with E-state index >= 15 is 0 Å². The predicted octanol–water partition coefficient (Wildman–Crippen LogP) is -1.86. The zero-order valence-corrected chi connectivity index (χ0v) is 14.7. The van der Waals surface area contributed by atoms with Crippen LogP contribution in [-0.2, 0) is 16.0 Å². The Morgan fingerprint density at radius 3 is 2.48 bits per heavy atom. The molecule has 1 aromatic carbocycles. The summed E-state index contributed by atoms with van der Waals surface area (Å²) in [6, 6.07) is 9.27. The molecule has 1 N–H and O–H groups in total. The van der Waals surface area contributed by atoms with Gasteiger partial charge in [0.05, 0.1) is 6.42 Å². The van der Waals surface area contributed by atoms with Crippen LogP contribution in [0, 0.1) is 0 Å². The maximum atomic E-state index is 12.1. The van der Waals surface area contributed by atoms with Gasteiger partial charge in [-0.25, -0.2) is 0 Å². The molecule has 104 valence electrons. The molecule has 0 atom stereocenters. The van der Waals surface area contributed by atoms with E-state index in [9.17, 15) is 9.59 Å². The predicted molar refractivity (Wildman–Crippen MR) is 68.2 cm³/mol. The van der Waals surface area contributed by atoms with Crippen LogP contribution in [0.1, 0.15) is 13.4 Å². The topological polar surface area (TPSA) is 98.8 Å². The normalized spacial score (nSPS) is 18.1. The van der Waals surface area contributed by atoms with Crippen molar-refractivity contribution in [2.24, 2.45) is 20.7 Å². The van der Waals surface area contributed by atoms with Crippen molar-refractivity contribution in [1.29, 1.82) is 0 Å². The molecule has 2 aliphatic heterocycles. The standard InChI is InChI=1S/C12H12N6O2.K.H/c19-10(8-9-4-2-1-3-5-9)13-12(14-16-17-15-12)18-7-6-11(18)20;;/h1-5H,6-8H2,(H,13,19);;/q;+1;-1. The minimum Gasteiger partial charge on any atom is -1.00 e. The summed E-state index contributed by atoms with van der Waals surface area (Å²) in [7, 11) is 0. The van der Waals surface area contributed by atoms with Gasteiger partial charge in [-0.05, 0) is 16.0 Å². The van der Waals surface area contributed by atoms with Gasteiger partial charge in [-0.15, -0.1) is 0 Å². The van der Waals surface area contributed by atoms with Crippen LogP contribution in [0.2, 0.25) is 0 Å². The van der Waals surface area contributed by atoms with Gasteiger partial charge in [0.25, 0.3) is 0 Å². The molecule has 1 aromatic rings. The van der Waals surface area contributed by atoms with E-state index < -0.39 is 5.91 Å². The van der Waals surface area contributed by atoms with Crippen LogP contribution in [-0.4, -0.2) is 29.2 Å². The monoisotopic (exact) mass is 312 g/mol. The van der Waals surface area contributed by atoms with E-state index in [0.717, 1.165) is 5.56 Å². The van der Waals surface area contributed by atoms with Gasteiger partial charge in [0, 0.05) is 13.0 Å². The Morgan fingerprint density at radius 2 is 1.95 bits per heavy atom. The second-order valence-electron chi connectivity index (χ2n) is 4.52. The van der Waals surface area contributed by atoms with Gasteiger partial charge < -0.3 is 1.43 Å². The van der Waals surface area contributed by atoms with Gasteiger partial charge in [0.1, 0.15) is 0 Å². The Kier molecular flexibility index (Phi) is 5.33. The quantitative estimate of drug-likeness (QED) is 0.521. The molecular weight excluding hydrogens is 299 g/mol. The number of nitrogens with one attached hydrogen (secondary N) is 1. The number of hydrogen-bond donors (Lipinski definition) is 1. The van der Waals surface area contributed by atoms with Gasteiger partial charge in [-0.2, -0.15) is 0 Å². The average molecular weight is 312 g/mol. The molecule has 2 aliphatic rings. The molecule has 0 bridgehead atoms. The Hall–Kier alpha value is -1.00. The van der Waals surface area contributed by atoms with Crippen LogP contribution in [0.15, 0.2) is 51.0 Å². The molecule has 2 heterocycles. The number of rotatable bonds is 4. The average Bonchev–Trinajstić information content (AvgIpc) is 2.86. The summed E-state index contributed by atoms with van der Waals surface area (Å²) < 4.78 is 0. The van der Waals surface area contributed by atoms with E-state index in [1.807, 2.05) is 30.3 Å². The Morgan fingerprint density at radius 1 is 1.29 bits per heavy atom. The zero-order chi connectivity index (χ0) is 14.0. The SMILES string of the molecule is O=C(Cc1ccccc1)NC1(N2CCC2=O)N=NN=N1.[H-].[K+]. The summed E-state index contributed by atoms with van der Waals surface area (Å²) in [5, 5.41) is 17.0. The van der Waals surface area contributed by atoms with Crippen molar-refractivity contribution in [3.63, 3.8) is 0 Å². The van der Waals surface area contributed by atoms with Gasteiger partial charge in [-0.3, -0.25) is 19.8 Å². The minimum absolute atomic E-state index is 0. The second-order valence-corrected chi connectivity index (χ2v) is 4.52. The van der Waals surface area contributed by atoms with Crippen molar-refractivity contribution < 1.29 is 62.4 Å². The number of benzene rings is 1. The van der Waals surface area contributed by atoms with Crippen LogP contribution in [0.25, 0.3) is 0 Å². The maximum Gasteiger partial charge on any atom is 1.00 e. The second kappa shape index (κ2) is 6.84. The van der Waals surface area contributed by atoms with Crippen LogP contribution in [0.3, 0.4) is 0 Å². The van der Waals surface area contributed by atoms with Crippen molar-refractivity contribution in [2.45, 2.75) is 18.8 Å². The van der Waals surface area contributed by atoms with Crippen LogP contribution in [0.4, 0.5) is 0 Å². The molecular formula is C12H13KN6O2. The van der Waals surface area contributed by atoms with Crippen molar-refractivity contribution in [1.82, 2.24) is 10.2 Å². The Bertz CT molecular complexity index is 597. The summed E-state index contributed by atoms with van der Waals surface area (Å²) in [5.41, 5.74) is 0.863. The van der Waals surface area contributed by atoms with E-state index in [0.29, 0.717) is 13.0 Å². The van der Waals surface area contributed by atoms with Crippen LogP contribution >= 0.6 is 0 Å². The van der Waals surface area contributed by atoms with Gasteiger partial charge in [-0.1, -0.05) is 40.6 Å². The van der Waals surface area contributed by atoms with Gasteiger partial charge >= 0.3 is 57.3 Å². The van der Waals surface area contributed by atoms with Crippen molar-refractivity contribution >= 4 is 11.8 Å². The first-order valence-electron chi connectivity index (χ1n) is 6.19. The number of nitrogens with zero attached hydrogens (tertiary/aromatic N) is 5. The molecule has 8 nitrogen and oxygen atoms in total. The number of carbonyl (C=O) groups excluding carboxylic acids is 2. The molecule has 0 saturated carbocycles. The third kappa shape index (κ3) is 3.43. The third-order valence-electron chi connectivity index (χ3n) is 3.15. The minimum atomic E-state index is -1.48. The fourth-order valence-corrected chi connectivity index (χ4v) is 2.07. The van der Waals surface area contributed by atoms with E-state index in [4.69, 9.17) is 0 Å². The maximum absolute atomic E-state index is 12.1. The number of carbonyl (C=O) groups is 2. The van der Waals surface area contributed by atoms with Gasteiger partial charge in [0.15, 0.2) is 0 Å².